The van der Waals surface area contributed by atoms with Crippen molar-refractivity contribution in [1.29, 1.82) is 0 Å². The van der Waals surface area contributed by atoms with Crippen molar-refractivity contribution in [2.45, 2.75) is 25.8 Å². The number of fused-ring (bicyclic) bond motifs is 3. The fourth-order valence-electron chi connectivity index (χ4n) is 4.61. The Bertz CT molecular complexity index is 1310. The minimum Gasteiger partial charge on any atom is -0.506 e. The molecule has 1 unspecified atom stereocenters. The third-order valence-electron chi connectivity index (χ3n) is 6.09. The monoisotopic (exact) mass is 420 g/mol. The second kappa shape index (κ2) is 6.68. The third kappa shape index (κ3) is 2.61. The molecule has 0 bridgehead atoms. The number of hydrogen-bond donors (Lipinski definition) is 3. The van der Waals surface area contributed by atoms with Gasteiger partial charge in [0.05, 0.1) is 22.3 Å². The maximum absolute atomic E-state index is 13.5. The van der Waals surface area contributed by atoms with E-state index in [1.807, 2.05) is 0 Å². The molecule has 5 rings (SSSR count). The third-order valence-corrected chi connectivity index (χ3v) is 6.09. The Morgan fingerprint density at radius 3 is 2.29 bits per heavy atom. The fourth-order valence-corrected chi connectivity index (χ4v) is 4.61. The Morgan fingerprint density at radius 1 is 1.06 bits per heavy atom. The van der Waals surface area contributed by atoms with Crippen molar-refractivity contribution in [2.24, 2.45) is 5.73 Å². The number of nitrogens with two attached hydrogens (primary N) is 1. The number of ketones is 2. The minimum atomic E-state index is -0.749. The summed E-state index contributed by atoms with van der Waals surface area (Å²) in [5.41, 5.74) is 5.18. The van der Waals surface area contributed by atoms with E-state index in [2.05, 4.69) is 0 Å². The van der Waals surface area contributed by atoms with Gasteiger partial charge in [0.1, 0.15) is 17.3 Å². The van der Waals surface area contributed by atoms with Crippen LogP contribution in [0.4, 0.5) is 0 Å². The smallest absolute Gasteiger partial charge is 0.258 e. The van der Waals surface area contributed by atoms with E-state index in [0.717, 1.165) is 12.8 Å². The number of phenolic OH excluding ortho intramolecular Hbond substituents is 2. The molecule has 1 aliphatic carbocycles. The lowest BCUT2D eigenvalue weighted by Gasteiger charge is -2.31. The van der Waals surface area contributed by atoms with Crippen molar-refractivity contribution in [3.8, 4) is 11.5 Å². The number of furan rings is 1. The van der Waals surface area contributed by atoms with E-state index in [-0.39, 0.29) is 50.6 Å². The molecule has 1 fully saturated rings. The van der Waals surface area contributed by atoms with Crippen molar-refractivity contribution in [3.63, 3.8) is 0 Å². The molecule has 8 heteroatoms. The number of phenols is 2. The van der Waals surface area contributed by atoms with Gasteiger partial charge in [-0.05, 0) is 19.8 Å². The molecule has 2 aromatic carbocycles. The molecular formula is C23H20N2O6. The SMILES string of the molecule is Cc1oc2c(c1C(=O)N1CCCC(N)C1)C(=O)c1c(c(O)c3ccccc3c1O)C2=O. The van der Waals surface area contributed by atoms with Gasteiger partial charge in [-0.1, -0.05) is 24.3 Å². The number of carbonyl (C=O) groups is 3. The topological polar surface area (TPSA) is 134 Å². The first kappa shape index (κ1) is 19.3. The number of benzene rings is 2. The van der Waals surface area contributed by atoms with Crippen LogP contribution in [0.5, 0.6) is 11.5 Å². The zero-order chi connectivity index (χ0) is 22.0. The summed E-state index contributed by atoms with van der Waals surface area (Å²) in [6, 6.07) is 6.21. The number of rotatable bonds is 1. The molecule has 1 aromatic heterocycles. The molecular weight excluding hydrogens is 400 g/mol. The van der Waals surface area contributed by atoms with Gasteiger partial charge in [-0.2, -0.15) is 0 Å². The number of likely N-dealkylation sites (tertiary alicyclic amines) is 1. The van der Waals surface area contributed by atoms with E-state index >= 15 is 0 Å². The first-order chi connectivity index (χ1) is 14.8. The predicted octanol–water partition coefficient (Wildman–Crippen LogP) is 2.49. The molecule has 3 aromatic rings. The van der Waals surface area contributed by atoms with E-state index in [1.54, 1.807) is 29.2 Å². The van der Waals surface area contributed by atoms with Crippen molar-refractivity contribution in [2.75, 3.05) is 13.1 Å². The van der Waals surface area contributed by atoms with E-state index in [4.69, 9.17) is 10.2 Å². The Morgan fingerprint density at radius 2 is 1.68 bits per heavy atom. The van der Waals surface area contributed by atoms with E-state index in [1.165, 1.54) is 6.92 Å². The molecule has 1 saturated heterocycles. The maximum Gasteiger partial charge on any atom is 0.258 e. The van der Waals surface area contributed by atoms with Crippen LogP contribution in [0.3, 0.4) is 0 Å². The summed E-state index contributed by atoms with van der Waals surface area (Å²) in [5.74, 6) is -2.91. The Labute approximate surface area is 176 Å². The summed E-state index contributed by atoms with van der Waals surface area (Å²) in [5, 5.41) is 22.0. The fraction of sp³-hybridized carbons (Fsp3) is 0.261. The summed E-state index contributed by atoms with van der Waals surface area (Å²) in [7, 11) is 0. The van der Waals surface area contributed by atoms with Gasteiger partial charge in [0, 0.05) is 29.9 Å². The molecule has 4 N–H and O–H groups in total. The molecule has 0 radical (unpaired) electrons. The average molecular weight is 420 g/mol. The van der Waals surface area contributed by atoms with Gasteiger partial charge >= 0.3 is 0 Å². The molecule has 1 amide bonds. The molecule has 8 nitrogen and oxygen atoms in total. The average Bonchev–Trinajstić information content (AvgIpc) is 3.11. The zero-order valence-corrected chi connectivity index (χ0v) is 16.8. The quantitative estimate of drug-likeness (QED) is 0.403. The van der Waals surface area contributed by atoms with E-state index in [9.17, 15) is 24.6 Å². The summed E-state index contributed by atoms with van der Waals surface area (Å²) >= 11 is 0. The highest BCUT2D eigenvalue weighted by Crippen LogP contribution is 2.45. The van der Waals surface area contributed by atoms with Crippen LogP contribution in [-0.4, -0.2) is 51.7 Å². The molecule has 158 valence electrons. The number of hydrogen-bond acceptors (Lipinski definition) is 7. The number of aromatic hydroxyl groups is 2. The number of nitrogens with zero attached hydrogens (tertiary/aromatic N) is 1. The maximum atomic E-state index is 13.5. The lowest BCUT2D eigenvalue weighted by atomic mass is 9.83. The predicted molar refractivity (Wildman–Crippen MR) is 111 cm³/mol. The second-order valence-corrected chi connectivity index (χ2v) is 8.04. The van der Waals surface area contributed by atoms with Crippen LogP contribution in [0.2, 0.25) is 0 Å². The van der Waals surface area contributed by atoms with E-state index in [0.29, 0.717) is 13.1 Å². The van der Waals surface area contributed by atoms with Crippen LogP contribution >= 0.6 is 0 Å². The van der Waals surface area contributed by atoms with Crippen molar-refractivity contribution < 1.29 is 29.0 Å². The lowest BCUT2D eigenvalue weighted by molar-refractivity contribution is 0.0703. The van der Waals surface area contributed by atoms with Gasteiger partial charge in [-0.15, -0.1) is 0 Å². The van der Waals surface area contributed by atoms with Gasteiger partial charge in [0.2, 0.25) is 11.6 Å². The highest BCUT2D eigenvalue weighted by molar-refractivity contribution is 6.33. The van der Waals surface area contributed by atoms with Crippen molar-refractivity contribution in [1.82, 2.24) is 4.90 Å². The first-order valence-corrected chi connectivity index (χ1v) is 10.1. The standard InChI is InChI=1S/C23H20N2O6/c1-10-14(23(30)25-8-4-5-11(24)9-25)17-20(28)15-16(21(29)22(17)31-10)19(27)13-7-3-2-6-12(13)18(15)26/h2-3,6-7,11,26-27H,4-5,8-9,24H2,1H3. The Kier molecular flexibility index (Phi) is 4.16. The summed E-state index contributed by atoms with van der Waals surface area (Å²) in [6.45, 7) is 2.34. The van der Waals surface area contributed by atoms with Crippen LogP contribution in [0.1, 0.15) is 61.0 Å². The van der Waals surface area contributed by atoms with Crippen molar-refractivity contribution in [3.05, 3.63) is 58.0 Å². The van der Waals surface area contributed by atoms with Crippen LogP contribution < -0.4 is 5.73 Å². The van der Waals surface area contributed by atoms with Gasteiger partial charge in [-0.3, -0.25) is 14.4 Å². The normalized spacial score (nSPS) is 18.3. The molecule has 1 atom stereocenters. The molecule has 1 aliphatic heterocycles. The largest absolute Gasteiger partial charge is 0.506 e. The van der Waals surface area contributed by atoms with Crippen LogP contribution in [-0.2, 0) is 0 Å². The van der Waals surface area contributed by atoms with Crippen LogP contribution in [0.25, 0.3) is 10.8 Å². The highest BCUT2D eigenvalue weighted by Gasteiger charge is 2.43. The first-order valence-electron chi connectivity index (χ1n) is 10.1. The second-order valence-electron chi connectivity index (χ2n) is 8.04. The number of carbonyl (C=O) groups excluding carboxylic acids is 3. The number of aryl methyl sites for hydroxylation is 1. The summed E-state index contributed by atoms with van der Waals surface area (Å²) in [4.78, 5) is 41.5. The molecule has 31 heavy (non-hydrogen) atoms. The van der Waals surface area contributed by atoms with Crippen LogP contribution in [0.15, 0.2) is 28.7 Å². The van der Waals surface area contributed by atoms with Gasteiger partial charge in [0.25, 0.3) is 5.91 Å². The molecule has 0 spiro atoms. The van der Waals surface area contributed by atoms with Gasteiger partial charge < -0.3 is 25.3 Å². The van der Waals surface area contributed by atoms with Crippen LogP contribution in [0, 0.1) is 6.92 Å². The highest BCUT2D eigenvalue weighted by atomic mass is 16.4. The van der Waals surface area contributed by atoms with Gasteiger partial charge in [-0.25, -0.2) is 0 Å². The lowest BCUT2D eigenvalue weighted by Crippen LogP contribution is -2.46. The summed E-state index contributed by atoms with van der Waals surface area (Å²) < 4.78 is 5.58. The molecule has 0 saturated carbocycles. The van der Waals surface area contributed by atoms with Crippen molar-refractivity contribution >= 4 is 28.2 Å². The number of piperidine rings is 1. The van der Waals surface area contributed by atoms with E-state index < -0.39 is 29.0 Å². The summed E-state index contributed by atoms with van der Waals surface area (Å²) in [6.07, 6.45) is 1.54. The Hall–Kier alpha value is -3.65. The molecule has 2 heterocycles. The number of amides is 1. The van der Waals surface area contributed by atoms with Gasteiger partial charge in [0.15, 0.2) is 5.76 Å². The minimum absolute atomic E-state index is 0.000137. The zero-order valence-electron chi connectivity index (χ0n) is 16.8. The Balaban J connectivity index is 1.72. The molecule has 2 aliphatic rings.